The molecule has 9 aromatic rings. The van der Waals surface area contributed by atoms with Crippen LogP contribution in [0.5, 0.6) is 0 Å². The van der Waals surface area contributed by atoms with Crippen LogP contribution in [0.2, 0.25) is 0 Å². The molecule has 0 saturated carbocycles. The van der Waals surface area contributed by atoms with Gasteiger partial charge >= 0.3 is 0 Å². The molecule has 228 valence electrons. The summed E-state index contributed by atoms with van der Waals surface area (Å²) in [4.78, 5) is 14.9. The van der Waals surface area contributed by atoms with Crippen molar-refractivity contribution in [3.05, 3.63) is 164 Å². The molecule has 0 unspecified atom stereocenters. The van der Waals surface area contributed by atoms with Gasteiger partial charge in [-0.25, -0.2) is 15.0 Å². The zero-order valence-electron chi connectivity index (χ0n) is 26.3. The van der Waals surface area contributed by atoms with Gasteiger partial charge in [0, 0.05) is 33.2 Å². The standard InChI is InChI=1S/C45H27N3O/c1-2-12-30(13-3-1)43-46-44(48-45(47-43)33-26-21-28-11-4-5-14-32(28)27-33)31-24-22-29(23-25-31)42-41-38-18-9-8-17-36(38)34-15-6-7-16-35(34)37-19-10-20-39(49-42)40(37)41/h1-27H. The van der Waals surface area contributed by atoms with Gasteiger partial charge in [0.15, 0.2) is 17.5 Å². The van der Waals surface area contributed by atoms with E-state index in [0.29, 0.717) is 17.5 Å². The maximum Gasteiger partial charge on any atom is 0.164 e. The largest absolute Gasteiger partial charge is 0.455 e. The van der Waals surface area contributed by atoms with Gasteiger partial charge in [-0.05, 0) is 50.7 Å². The maximum atomic E-state index is 6.72. The molecule has 0 aliphatic heterocycles. The van der Waals surface area contributed by atoms with Crippen LogP contribution in [0, 0.1) is 0 Å². The molecule has 1 aliphatic carbocycles. The van der Waals surface area contributed by atoms with Gasteiger partial charge in [-0.2, -0.15) is 0 Å². The van der Waals surface area contributed by atoms with E-state index in [4.69, 9.17) is 19.4 Å². The van der Waals surface area contributed by atoms with Crippen LogP contribution in [0.3, 0.4) is 0 Å². The summed E-state index contributed by atoms with van der Waals surface area (Å²) in [6.45, 7) is 0. The molecule has 0 amide bonds. The highest BCUT2D eigenvalue weighted by molar-refractivity contribution is 6.15. The van der Waals surface area contributed by atoms with Crippen molar-refractivity contribution < 1.29 is 4.42 Å². The molecule has 1 aliphatic rings. The molecule has 0 N–H and O–H groups in total. The van der Waals surface area contributed by atoms with Gasteiger partial charge < -0.3 is 4.42 Å². The summed E-state index contributed by atoms with van der Waals surface area (Å²) in [6, 6.07) is 56.8. The first-order chi connectivity index (χ1) is 24.3. The molecule has 4 nitrogen and oxygen atoms in total. The third-order valence-electron chi connectivity index (χ3n) is 9.50. The number of furan rings is 1. The molecule has 0 radical (unpaired) electrons. The summed E-state index contributed by atoms with van der Waals surface area (Å²) >= 11 is 0. The molecule has 0 spiro atoms. The van der Waals surface area contributed by atoms with Crippen LogP contribution in [0.1, 0.15) is 0 Å². The van der Waals surface area contributed by atoms with Crippen molar-refractivity contribution >= 4 is 21.7 Å². The lowest BCUT2D eigenvalue weighted by atomic mass is 9.93. The average molecular weight is 626 g/mol. The SMILES string of the molecule is c1ccc(-c2nc(-c3ccc(-c4oc5cccc6c5c4-c4ccccc4-c4ccccc4-6)cc3)nc(-c3ccc4ccccc4c3)n2)cc1. The van der Waals surface area contributed by atoms with Crippen LogP contribution in [-0.4, -0.2) is 15.0 Å². The number of fused-ring (bicyclic) bond motifs is 6. The second kappa shape index (κ2) is 11.0. The van der Waals surface area contributed by atoms with Crippen molar-refractivity contribution in [2.45, 2.75) is 0 Å². The lowest BCUT2D eigenvalue weighted by Gasteiger charge is -2.11. The molecule has 0 fully saturated rings. The predicted octanol–water partition coefficient (Wildman–Crippen LogP) is 11.8. The molecule has 0 bridgehead atoms. The van der Waals surface area contributed by atoms with Gasteiger partial charge in [0.1, 0.15) is 11.3 Å². The zero-order chi connectivity index (χ0) is 32.3. The number of hydrogen-bond acceptors (Lipinski definition) is 4. The van der Waals surface area contributed by atoms with Gasteiger partial charge in [0.2, 0.25) is 0 Å². The number of aromatic nitrogens is 3. The molecule has 7 aromatic carbocycles. The quantitative estimate of drug-likeness (QED) is 0.195. The molecule has 0 atom stereocenters. The summed E-state index contributed by atoms with van der Waals surface area (Å²) in [6.07, 6.45) is 0. The highest BCUT2D eigenvalue weighted by Crippen LogP contribution is 2.52. The highest BCUT2D eigenvalue weighted by atomic mass is 16.3. The number of hydrogen-bond donors (Lipinski definition) is 0. The minimum absolute atomic E-state index is 0.620. The third kappa shape index (κ3) is 4.49. The van der Waals surface area contributed by atoms with Gasteiger partial charge in [0.25, 0.3) is 0 Å². The minimum Gasteiger partial charge on any atom is -0.455 e. The second-order valence-corrected chi connectivity index (χ2v) is 12.4. The van der Waals surface area contributed by atoms with Crippen LogP contribution in [0.25, 0.3) is 101 Å². The van der Waals surface area contributed by atoms with Crippen molar-refractivity contribution in [2.24, 2.45) is 0 Å². The fourth-order valence-electron chi connectivity index (χ4n) is 7.17. The monoisotopic (exact) mass is 625 g/mol. The van der Waals surface area contributed by atoms with E-state index in [0.717, 1.165) is 49.9 Å². The zero-order valence-corrected chi connectivity index (χ0v) is 26.3. The Balaban J connectivity index is 1.12. The Bertz CT molecular complexity index is 2710. The average Bonchev–Trinajstić information content (AvgIpc) is 3.52. The smallest absolute Gasteiger partial charge is 0.164 e. The maximum absolute atomic E-state index is 6.72. The Labute approximate surface area is 283 Å². The topological polar surface area (TPSA) is 51.8 Å². The van der Waals surface area contributed by atoms with E-state index in [9.17, 15) is 0 Å². The molecule has 4 heteroatoms. The van der Waals surface area contributed by atoms with Gasteiger partial charge in [0.05, 0.1) is 0 Å². The molecular formula is C45H27N3O. The molecular weight excluding hydrogens is 599 g/mol. The van der Waals surface area contributed by atoms with Crippen LogP contribution >= 0.6 is 0 Å². The van der Waals surface area contributed by atoms with Crippen molar-refractivity contribution in [1.82, 2.24) is 15.0 Å². The first-order valence-corrected chi connectivity index (χ1v) is 16.4. The van der Waals surface area contributed by atoms with Crippen LogP contribution in [0.15, 0.2) is 168 Å². The predicted molar refractivity (Wildman–Crippen MR) is 199 cm³/mol. The van der Waals surface area contributed by atoms with Crippen molar-refractivity contribution in [2.75, 3.05) is 0 Å². The number of benzene rings is 7. The lowest BCUT2D eigenvalue weighted by Crippen LogP contribution is -2.00. The fourth-order valence-corrected chi connectivity index (χ4v) is 7.17. The van der Waals surface area contributed by atoms with Gasteiger partial charge in [-0.3, -0.25) is 0 Å². The van der Waals surface area contributed by atoms with Crippen LogP contribution in [0.4, 0.5) is 0 Å². The van der Waals surface area contributed by atoms with Crippen LogP contribution in [-0.2, 0) is 0 Å². The Hall–Kier alpha value is -6.65. The van der Waals surface area contributed by atoms with Gasteiger partial charge in [-0.15, -0.1) is 0 Å². The van der Waals surface area contributed by atoms with E-state index < -0.39 is 0 Å². The summed E-state index contributed by atoms with van der Waals surface area (Å²) in [5.74, 6) is 2.75. The Kier molecular flexibility index (Phi) is 6.15. The summed E-state index contributed by atoms with van der Waals surface area (Å²) < 4.78 is 6.72. The van der Waals surface area contributed by atoms with Crippen molar-refractivity contribution in [3.63, 3.8) is 0 Å². The molecule has 0 saturated heterocycles. The molecule has 2 heterocycles. The number of rotatable bonds is 4. The van der Waals surface area contributed by atoms with E-state index in [1.807, 2.05) is 30.3 Å². The first-order valence-electron chi connectivity index (χ1n) is 16.4. The van der Waals surface area contributed by atoms with Crippen molar-refractivity contribution in [3.8, 4) is 78.9 Å². The minimum atomic E-state index is 0.620. The van der Waals surface area contributed by atoms with E-state index >= 15 is 0 Å². The van der Waals surface area contributed by atoms with Gasteiger partial charge in [-0.1, -0.05) is 152 Å². The van der Waals surface area contributed by atoms with E-state index in [1.165, 1.54) is 33.2 Å². The normalized spacial score (nSPS) is 11.7. The van der Waals surface area contributed by atoms with E-state index in [-0.39, 0.29) is 0 Å². The Morgan fingerprint density at radius 2 is 0.857 bits per heavy atom. The van der Waals surface area contributed by atoms with Crippen molar-refractivity contribution in [1.29, 1.82) is 0 Å². The highest BCUT2D eigenvalue weighted by Gasteiger charge is 2.27. The second-order valence-electron chi connectivity index (χ2n) is 12.4. The Morgan fingerprint density at radius 1 is 0.347 bits per heavy atom. The first kappa shape index (κ1) is 27.5. The van der Waals surface area contributed by atoms with E-state index in [1.54, 1.807) is 0 Å². The fraction of sp³-hybridized carbons (Fsp3) is 0. The summed E-state index contributed by atoms with van der Waals surface area (Å²) in [7, 11) is 0. The summed E-state index contributed by atoms with van der Waals surface area (Å²) in [5, 5.41) is 3.47. The van der Waals surface area contributed by atoms with Crippen LogP contribution < -0.4 is 0 Å². The molecule has 2 aromatic heterocycles. The van der Waals surface area contributed by atoms with E-state index in [2.05, 4.69) is 133 Å². The molecule has 49 heavy (non-hydrogen) atoms. The Morgan fingerprint density at radius 3 is 1.59 bits per heavy atom. The summed E-state index contributed by atoms with van der Waals surface area (Å²) in [5.41, 5.74) is 11.8. The molecule has 10 rings (SSSR count). The third-order valence-corrected chi connectivity index (χ3v) is 9.50. The lowest BCUT2D eigenvalue weighted by molar-refractivity contribution is 0.632. The number of nitrogens with zero attached hydrogens (tertiary/aromatic N) is 3.